The zero-order chi connectivity index (χ0) is 14.1. The average molecular weight is 266 g/mol. The summed E-state index contributed by atoms with van der Waals surface area (Å²) in [6, 6.07) is 0. The highest BCUT2D eigenvalue weighted by molar-refractivity contribution is 5.05. The lowest BCUT2D eigenvalue weighted by Gasteiger charge is -2.56. The van der Waals surface area contributed by atoms with Gasteiger partial charge in [-0.2, -0.15) is 5.06 Å². The summed E-state index contributed by atoms with van der Waals surface area (Å²) in [6.07, 6.45) is 11.8. The SMILES string of the molecule is CCC1[CH]CC(C)(C)N(OC2CCCCC2)C1(C)C. The van der Waals surface area contributed by atoms with Crippen molar-refractivity contribution in [2.24, 2.45) is 5.92 Å². The second-order valence-electron chi connectivity index (χ2n) is 7.58. The van der Waals surface area contributed by atoms with Crippen LogP contribution in [-0.2, 0) is 4.84 Å². The molecule has 1 aliphatic heterocycles. The minimum atomic E-state index is 0.105. The van der Waals surface area contributed by atoms with Crippen LogP contribution in [0.15, 0.2) is 0 Å². The van der Waals surface area contributed by atoms with Crippen LogP contribution in [0.25, 0.3) is 0 Å². The molecule has 0 bridgehead atoms. The van der Waals surface area contributed by atoms with Crippen molar-refractivity contribution in [3.8, 4) is 0 Å². The largest absolute Gasteiger partial charge is 0.295 e. The molecule has 0 aromatic rings. The van der Waals surface area contributed by atoms with Crippen molar-refractivity contribution in [2.45, 2.75) is 96.7 Å². The molecule has 0 amide bonds. The predicted molar refractivity (Wildman–Crippen MR) is 80.7 cm³/mol. The summed E-state index contributed by atoms with van der Waals surface area (Å²) in [5.41, 5.74) is 0.223. The fraction of sp³-hybridized carbons (Fsp3) is 0.941. The minimum Gasteiger partial charge on any atom is -0.295 e. The van der Waals surface area contributed by atoms with Crippen molar-refractivity contribution in [2.75, 3.05) is 0 Å². The van der Waals surface area contributed by atoms with Crippen LogP contribution < -0.4 is 0 Å². The molecule has 1 radical (unpaired) electrons. The summed E-state index contributed by atoms with van der Waals surface area (Å²) in [5, 5.41) is 2.35. The first kappa shape index (κ1) is 15.3. The molecule has 111 valence electrons. The number of rotatable bonds is 3. The van der Waals surface area contributed by atoms with Crippen LogP contribution in [0.2, 0.25) is 0 Å². The zero-order valence-corrected chi connectivity index (χ0v) is 13.5. The summed E-state index contributed by atoms with van der Waals surface area (Å²) < 4.78 is 0. The van der Waals surface area contributed by atoms with E-state index in [1.165, 1.54) is 38.5 Å². The molecule has 2 fully saturated rings. The molecule has 0 aromatic heterocycles. The lowest BCUT2D eigenvalue weighted by molar-refractivity contribution is -0.313. The van der Waals surface area contributed by atoms with Gasteiger partial charge in [-0.25, -0.2) is 0 Å². The maximum Gasteiger partial charge on any atom is 0.0793 e. The van der Waals surface area contributed by atoms with Crippen LogP contribution in [0.4, 0.5) is 0 Å². The number of hydrogen-bond donors (Lipinski definition) is 0. The minimum absolute atomic E-state index is 0.105. The molecule has 1 heterocycles. The van der Waals surface area contributed by atoms with Gasteiger partial charge in [0.15, 0.2) is 0 Å². The fourth-order valence-electron chi connectivity index (χ4n) is 4.00. The number of piperidine rings is 1. The second kappa shape index (κ2) is 5.73. The van der Waals surface area contributed by atoms with E-state index in [1.807, 2.05) is 0 Å². The van der Waals surface area contributed by atoms with Crippen LogP contribution in [0.5, 0.6) is 0 Å². The Morgan fingerprint density at radius 3 is 2.32 bits per heavy atom. The van der Waals surface area contributed by atoms with Gasteiger partial charge in [0.1, 0.15) is 0 Å². The molecular formula is C17H32NO. The van der Waals surface area contributed by atoms with E-state index in [2.05, 4.69) is 46.1 Å². The smallest absolute Gasteiger partial charge is 0.0793 e. The van der Waals surface area contributed by atoms with E-state index in [0.29, 0.717) is 12.0 Å². The van der Waals surface area contributed by atoms with Gasteiger partial charge in [-0.05, 0) is 59.3 Å². The average Bonchev–Trinajstić information content (AvgIpc) is 2.36. The molecule has 1 saturated heterocycles. The lowest BCUT2D eigenvalue weighted by atomic mass is 9.73. The third-order valence-corrected chi connectivity index (χ3v) is 5.13. The van der Waals surface area contributed by atoms with Crippen molar-refractivity contribution in [1.29, 1.82) is 0 Å². The van der Waals surface area contributed by atoms with Crippen molar-refractivity contribution in [3.05, 3.63) is 6.42 Å². The van der Waals surface area contributed by atoms with Gasteiger partial charge in [-0.3, -0.25) is 4.84 Å². The van der Waals surface area contributed by atoms with E-state index in [-0.39, 0.29) is 11.1 Å². The Kier molecular flexibility index (Phi) is 4.62. The van der Waals surface area contributed by atoms with Gasteiger partial charge in [-0.15, -0.1) is 0 Å². The van der Waals surface area contributed by atoms with E-state index < -0.39 is 0 Å². The molecule has 1 aliphatic carbocycles. The summed E-state index contributed by atoms with van der Waals surface area (Å²) in [5.74, 6) is 0.629. The third kappa shape index (κ3) is 3.16. The van der Waals surface area contributed by atoms with Gasteiger partial charge in [-0.1, -0.05) is 32.6 Å². The monoisotopic (exact) mass is 266 g/mol. The van der Waals surface area contributed by atoms with Crippen molar-refractivity contribution >= 4 is 0 Å². The van der Waals surface area contributed by atoms with Crippen LogP contribution >= 0.6 is 0 Å². The van der Waals surface area contributed by atoms with E-state index in [9.17, 15) is 0 Å². The Balaban J connectivity index is 2.11. The van der Waals surface area contributed by atoms with Gasteiger partial charge in [0.05, 0.1) is 6.10 Å². The zero-order valence-electron chi connectivity index (χ0n) is 13.5. The standard InChI is InChI=1S/C17H32NO/c1-6-14-12-13-16(2,3)18(17(14,4)5)19-15-10-8-7-9-11-15/h12,14-15H,6-11,13H2,1-5H3. The topological polar surface area (TPSA) is 12.5 Å². The molecule has 0 aromatic carbocycles. The molecule has 2 heteroatoms. The van der Waals surface area contributed by atoms with Gasteiger partial charge < -0.3 is 0 Å². The number of hydroxylamine groups is 2. The van der Waals surface area contributed by atoms with Crippen LogP contribution in [0.3, 0.4) is 0 Å². The first-order chi connectivity index (χ1) is 8.88. The van der Waals surface area contributed by atoms with E-state index >= 15 is 0 Å². The maximum atomic E-state index is 6.51. The second-order valence-corrected chi connectivity index (χ2v) is 7.58. The normalized spacial score (nSPS) is 32.4. The highest BCUT2D eigenvalue weighted by atomic mass is 16.7. The lowest BCUT2D eigenvalue weighted by Crippen LogP contribution is -2.63. The Bertz CT molecular complexity index is 292. The molecule has 1 atom stereocenters. The number of nitrogens with zero attached hydrogens (tertiary/aromatic N) is 1. The molecule has 19 heavy (non-hydrogen) atoms. The van der Waals surface area contributed by atoms with Crippen LogP contribution in [-0.4, -0.2) is 22.2 Å². The molecule has 1 unspecified atom stereocenters. The fourth-order valence-corrected chi connectivity index (χ4v) is 4.00. The maximum absolute atomic E-state index is 6.51. The quantitative estimate of drug-likeness (QED) is 0.731. The molecular weight excluding hydrogens is 234 g/mol. The summed E-state index contributed by atoms with van der Waals surface area (Å²) in [4.78, 5) is 6.51. The third-order valence-electron chi connectivity index (χ3n) is 5.13. The number of hydrogen-bond acceptors (Lipinski definition) is 2. The molecule has 2 aliphatic rings. The van der Waals surface area contributed by atoms with E-state index in [0.717, 1.165) is 6.42 Å². The highest BCUT2D eigenvalue weighted by Crippen LogP contribution is 2.44. The van der Waals surface area contributed by atoms with Crippen LogP contribution in [0, 0.1) is 12.3 Å². The van der Waals surface area contributed by atoms with Crippen molar-refractivity contribution in [1.82, 2.24) is 5.06 Å². The van der Waals surface area contributed by atoms with Gasteiger partial charge in [0.25, 0.3) is 0 Å². The van der Waals surface area contributed by atoms with Crippen molar-refractivity contribution in [3.63, 3.8) is 0 Å². The first-order valence-corrected chi connectivity index (χ1v) is 8.18. The Hall–Kier alpha value is -0.0800. The molecule has 0 spiro atoms. The Labute approximate surface area is 119 Å². The molecule has 0 N–H and O–H groups in total. The predicted octanol–water partition coefficient (Wildman–Crippen LogP) is 4.74. The summed E-state index contributed by atoms with van der Waals surface area (Å²) in [6.45, 7) is 11.6. The van der Waals surface area contributed by atoms with E-state index in [4.69, 9.17) is 4.84 Å². The Morgan fingerprint density at radius 2 is 1.74 bits per heavy atom. The van der Waals surface area contributed by atoms with Crippen molar-refractivity contribution < 1.29 is 4.84 Å². The van der Waals surface area contributed by atoms with Crippen LogP contribution in [0.1, 0.15) is 79.6 Å². The molecule has 2 nitrogen and oxygen atoms in total. The highest BCUT2D eigenvalue weighted by Gasteiger charge is 2.48. The first-order valence-electron chi connectivity index (χ1n) is 8.18. The van der Waals surface area contributed by atoms with Gasteiger partial charge in [0.2, 0.25) is 0 Å². The van der Waals surface area contributed by atoms with E-state index in [1.54, 1.807) is 0 Å². The molecule has 2 rings (SSSR count). The summed E-state index contributed by atoms with van der Waals surface area (Å²) >= 11 is 0. The van der Waals surface area contributed by atoms with Gasteiger partial charge >= 0.3 is 0 Å². The molecule has 1 saturated carbocycles. The summed E-state index contributed by atoms with van der Waals surface area (Å²) in [7, 11) is 0. The Morgan fingerprint density at radius 1 is 1.11 bits per heavy atom. The van der Waals surface area contributed by atoms with Gasteiger partial charge in [0, 0.05) is 11.1 Å².